The fraction of sp³-hybridized carbons (Fsp3) is 0.642. The number of nitrogens with zero attached hydrogens (tertiary/aromatic N) is 3. The number of ketones is 4. The Hall–Kier alpha value is -8.72. The van der Waals surface area contributed by atoms with Gasteiger partial charge in [-0.05, 0) is 77.2 Å². The van der Waals surface area contributed by atoms with Crippen LogP contribution < -0.4 is 37.5 Å². The number of fused-ring (bicyclic) bond motifs is 1. The van der Waals surface area contributed by atoms with Crippen molar-refractivity contribution in [2.45, 2.75) is 221 Å². The van der Waals surface area contributed by atoms with Crippen molar-refractivity contribution < 1.29 is 144 Å². The average molecular weight is 1530 g/mol. The molecule has 0 bridgehead atoms. The first-order valence-electron chi connectivity index (χ1n) is 34.5. The normalized spacial score (nSPS) is 16.3. The van der Waals surface area contributed by atoms with Crippen molar-refractivity contribution in [3.05, 3.63) is 63.5 Å². The summed E-state index contributed by atoms with van der Waals surface area (Å²) in [4.78, 5) is 189. The number of H-pyrrole nitrogens is 1. The van der Waals surface area contributed by atoms with Gasteiger partial charge in [0.25, 0.3) is 5.56 Å². The lowest BCUT2D eigenvalue weighted by Crippen LogP contribution is -2.50. The van der Waals surface area contributed by atoms with Gasteiger partial charge in [0.2, 0.25) is 35.4 Å². The number of hydrogen-bond donors (Lipinski definition) is 24. The number of rotatable bonds is 54. The standard InChI is InChI=1S/C67H100N10O30/c1-32(81)39(15-18-51(91)68-26-45(85)58(99)61(102)48(88)29-78)76-65(105)36(12-21-55(95)96)24-44(84)41(17-20-53(93)70-28-47(87)60(101)63(104)50(90)31-80)77-66(106)37(13-22-56(97)98)23-43(83)40(16-19-52(92)69-27-46(86)59(100)62(103)49(89)30-79)75-54(94)6-4-3-5-42(82)35-10-7-34(8-11-35)9-14-38-25-71-64-57(74-38)67(107)73-33(2)72-64/h7-8,10-11,25,36-37,39-41,45-50,58-63,78-80,85-90,99-104H,3-6,9,12-24,26-31H2,1-2H3,(H,68,91)(H,69,92)(H,70,93)(H,75,94)(H,76,105)(H,77,106)(H,95,96)(H,97,98)(H,71,72,73,107)/t36-,37-,39+,40+,41+,45+,46+,47+,48-,49-,50-,58-,59-,60-,61-,62-,63-/m1/s1. The number of aliphatic hydroxyl groups is 15. The minimum absolute atomic E-state index is 0.0421. The quantitative estimate of drug-likeness (QED) is 0.0184. The summed E-state index contributed by atoms with van der Waals surface area (Å²) in [5, 5.41) is 181. The molecule has 0 radical (unpaired) electrons. The van der Waals surface area contributed by atoms with Gasteiger partial charge in [0.15, 0.2) is 34.3 Å². The number of aliphatic carboxylic acids is 2. The van der Waals surface area contributed by atoms with Crippen LogP contribution in [0.15, 0.2) is 35.3 Å². The van der Waals surface area contributed by atoms with E-state index >= 15 is 0 Å². The van der Waals surface area contributed by atoms with Crippen molar-refractivity contribution in [3.63, 3.8) is 0 Å². The summed E-state index contributed by atoms with van der Waals surface area (Å²) >= 11 is 0. The van der Waals surface area contributed by atoms with Crippen LogP contribution in [0, 0.1) is 18.8 Å². The molecule has 2 aromatic heterocycles. The molecule has 17 atom stereocenters. The number of amides is 6. The molecule has 2 heterocycles. The summed E-state index contributed by atoms with van der Waals surface area (Å²) in [6, 6.07) is 1.50. The molecule has 1 aromatic carbocycles. The second kappa shape index (κ2) is 47.2. The molecule has 24 N–H and O–H groups in total. The van der Waals surface area contributed by atoms with Crippen LogP contribution in [0.5, 0.6) is 0 Å². The minimum atomic E-state index is -2.16. The largest absolute Gasteiger partial charge is 0.481 e. The molecule has 0 aliphatic heterocycles. The second-order valence-corrected chi connectivity index (χ2v) is 25.9. The predicted molar refractivity (Wildman–Crippen MR) is 366 cm³/mol. The van der Waals surface area contributed by atoms with Crippen LogP contribution in [-0.2, 0) is 65.6 Å². The number of carbonyl (C=O) groups is 12. The molecule has 3 rings (SSSR count). The molecule has 0 aliphatic carbocycles. The lowest BCUT2D eigenvalue weighted by Gasteiger charge is -2.26. The number of carboxylic acid groups (broad SMARTS) is 2. The number of nitrogens with one attached hydrogen (secondary N) is 7. The van der Waals surface area contributed by atoms with Crippen LogP contribution in [0.1, 0.15) is 137 Å². The van der Waals surface area contributed by atoms with E-state index < -0.39 is 290 Å². The van der Waals surface area contributed by atoms with Gasteiger partial charge in [-0.15, -0.1) is 0 Å². The Labute approximate surface area is 611 Å². The molecule has 0 unspecified atom stereocenters. The Morgan fingerprint density at radius 3 is 1.26 bits per heavy atom. The number of Topliss-reactive ketones (excluding diaryl/α,β-unsaturated/α-hetero) is 4. The lowest BCUT2D eigenvalue weighted by molar-refractivity contribution is -0.139. The molecule has 0 spiro atoms. The van der Waals surface area contributed by atoms with E-state index in [9.17, 15) is 139 Å². The second-order valence-electron chi connectivity index (χ2n) is 25.9. The topological polar surface area (TPSA) is 692 Å². The van der Waals surface area contributed by atoms with Crippen LogP contribution in [0.2, 0.25) is 0 Å². The van der Waals surface area contributed by atoms with E-state index in [4.69, 9.17) is 10.2 Å². The maximum Gasteiger partial charge on any atom is 0.303 e. The number of aryl methyl sites for hydroxylation is 3. The van der Waals surface area contributed by atoms with Crippen molar-refractivity contribution in [2.24, 2.45) is 11.8 Å². The fourth-order valence-corrected chi connectivity index (χ4v) is 10.7. The fourth-order valence-electron chi connectivity index (χ4n) is 10.7. The van der Waals surface area contributed by atoms with Gasteiger partial charge in [-0.1, -0.05) is 24.3 Å². The zero-order valence-corrected chi connectivity index (χ0v) is 58.9. The van der Waals surface area contributed by atoms with E-state index in [-0.39, 0.29) is 42.6 Å². The van der Waals surface area contributed by atoms with Crippen molar-refractivity contribution in [2.75, 3.05) is 39.5 Å². The summed E-state index contributed by atoms with van der Waals surface area (Å²) < 4.78 is 0. The summed E-state index contributed by atoms with van der Waals surface area (Å²) in [5.74, 6) is -15.5. The lowest BCUT2D eigenvalue weighted by atomic mass is 9.89. The van der Waals surface area contributed by atoms with Crippen molar-refractivity contribution in [1.82, 2.24) is 51.8 Å². The Morgan fingerprint density at radius 2 is 0.850 bits per heavy atom. The van der Waals surface area contributed by atoms with Gasteiger partial charge in [-0.3, -0.25) is 62.3 Å². The summed E-state index contributed by atoms with van der Waals surface area (Å²) in [7, 11) is 0. The summed E-state index contributed by atoms with van der Waals surface area (Å²) in [6.07, 6.45) is -30.8. The first kappa shape index (κ1) is 92.5. The number of unbranched alkanes of at least 4 members (excludes halogenated alkanes) is 1. The maximum atomic E-state index is 14.6. The van der Waals surface area contributed by atoms with Crippen molar-refractivity contribution in [3.8, 4) is 0 Å². The number of carbonyl (C=O) groups excluding carboxylic acids is 10. The predicted octanol–water partition coefficient (Wildman–Crippen LogP) is -8.53. The van der Waals surface area contributed by atoms with E-state index in [0.717, 1.165) is 12.5 Å². The Morgan fingerprint density at radius 1 is 0.458 bits per heavy atom. The third kappa shape index (κ3) is 32.7. The summed E-state index contributed by atoms with van der Waals surface area (Å²) in [6.45, 7) is -2.82. The van der Waals surface area contributed by atoms with Gasteiger partial charge in [0.1, 0.15) is 60.8 Å². The Balaban J connectivity index is 1.92. The molecular formula is C67H100N10O30. The van der Waals surface area contributed by atoms with Gasteiger partial charge >= 0.3 is 11.9 Å². The summed E-state index contributed by atoms with van der Waals surface area (Å²) in [5.41, 5.74) is 1.55. The number of aromatic amines is 1. The van der Waals surface area contributed by atoms with E-state index in [2.05, 4.69) is 51.8 Å². The van der Waals surface area contributed by atoms with Gasteiger partial charge < -0.3 is 124 Å². The van der Waals surface area contributed by atoms with E-state index in [1.54, 1.807) is 31.2 Å². The molecule has 3 aromatic rings. The van der Waals surface area contributed by atoms with Crippen LogP contribution in [0.3, 0.4) is 0 Å². The first-order chi connectivity index (χ1) is 50.4. The molecular weight excluding hydrogens is 1420 g/mol. The SMILES string of the molecule is CC(=O)[C@H](CCC(=O)NC[C@H](O)[C@@H](O)[C@H](O)[C@H](O)CO)NC(=O)[C@H](CCC(=O)O)CC(=O)[C@H](CCC(=O)NC[C@H](O)[C@@H](O)[C@H](O)[C@H](O)CO)NC(=O)[C@H](CCC(=O)O)CC(=O)[C@H](CCC(=O)NC[C@H](O)[C@@H](O)[C@H](O)[C@H](O)CO)NC(=O)CCCCC(=O)c1ccc(CCc2cnc3nc(C)[nH]c(=O)c3n2)cc1. The monoisotopic (exact) mass is 1520 g/mol. The minimum Gasteiger partial charge on any atom is -0.481 e. The van der Waals surface area contributed by atoms with Crippen LogP contribution in [0.4, 0.5) is 0 Å². The highest BCUT2D eigenvalue weighted by molar-refractivity contribution is 5.98. The highest BCUT2D eigenvalue weighted by atomic mass is 16.4. The first-order valence-corrected chi connectivity index (χ1v) is 34.5. The van der Waals surface area contributed by atoms with E-state index in [1.807, 2.05) is 0 Å². The highest BCUT2D eigenvalue weighted by Crippen LogP contribution is 2.22. The van der Waals surface area contributed by atoms with Crippen LogP contribution in [0.25, 0.3) is 11.2 Å². The van der Waals surface area contributed by atoms with Crippen molar-refractivity contribution in [1.29, 1.82) is 0 Å². The number of carboxylic acids is 2. The van der Waals surface area contributed by atoms with Crippen LogP contribution >= 0.6 is 0 Å². The van der Waals surface area contributed by atoms with E-state index in [0.29, 0.717) is 29.9 Å². The van der Waals surface area contributed by atoms with Crippen LogP contribution in [-0.4, -0.2) is 308 Å². The molecule has 6 amide bonds. The molecule has 107 heavy (non-hydrogen) atoms. The van der Waals surface area contributed by atoms with Crippen molar-refractivity contribution >= 4 is 81.7 Å². The third-order valence-electron chi connectivity index (χ3n) is 17.4. The molecule has 0 aliphatic rings. The number of aliphatic hydroxyl groups excluding tert-OH is 15. The molecule has 0 fully saturated rings. The number of aromatic nitrogens is 4. The number of hydrogen-bond acceptors (Lipinski definition) is 31. The Kier molecular flexibility index (Phi) is 40.8. The molecule has 0 saturated carbocycles. The third-order valence-corrected chi connectivity index (χ3v) is 17.4. The molecule has 40 heteroatoms. The number of benzene rings is 1. The van der Waals surface area contributed by atoms with Gasteiger partial charge in [-0.2, -0.15) is 0 Å². The maximum absolute atomic E-state index is 14.6. The van der Waals surface area contributed by atoms with Gasteiger partial charge in [-0.25, -0.2) is 15.0 Å². The zero-order valence-electron chi connectivity index (χ0n) is 58.9. The van der Waals surface area contributed by atoms with Gasteiger partial charge in [0, 0.05) is 94.8 Å². The van der Waals surface area contributed by atoms with Gasteiger partial charge in [0.05, 0.1) is 68.1 Å². The average Bonchev–Trinajstić information content (AvgIpc) is 0.811. The Bertz CT molecular complexity index is 3500. The zero-order chi connectivity index (χ0) is 80.4. The molecule has 40 nitrogen and oxygen atoms in total. The smallest absolute Gasteiger partial charge is 0.303 e. The van der Waals surface area contributed by atoms with E-state index in [1.165, 1.54) is 6.20 Å². The highest BCUT2D eigenvalue weighted by Gasteiger charge is 2.37. The molecule has 598 valence electrons. The molecule has 0 saturated heterocycles.